The van der Waals surface area contributed by atoms with Gasteiger partial charge < -0.3 is 10.1 Å². The van der Waals surface area contributed by atoms with E-state index in [9.17, 15) is 14.9 Å². The Kier molecular flexibility index (Phi) is 6.86. The van der Waals surface area contributed by atoms with Crippen molar-refractivity contribution >= 4 is 41.2 Å². The number of nitrogens with one attached hydrogen (secondary N) is 1. The van der Waals surface area contributed by atoms with Crippen LogP contribution in [0.1, 0.15) is 37.7 Å². The number of halogens is 2. The van der Waals surface area contributed by atoms with E-state index < -0.39 is 24.0 Å². The number of carbonyl (C=O) groups is 2. The number of nitriles is 1. The highest BCUT2D eigenvalue weighted by Crippen LogP contribution is 2.27. The van der Waals surface area contributed by atoms with Crippen LogP contribution in [0, 0.1) is 11.3 Å². The molecular weight excluding hydrogens is 363 g/mol. The molecule has 0 unspecified atom stereocenters. The van der Waals surface area contributed by atoms with Gasteiger partial charge in [-0.3, -0.25) is 4.79 Å². The molecule has 1 fully saturated rings. The summed E-state index contributed by atoms with van der Waals surface area (Å²) in [5, 5.41) is 12.8. The summed E-state index contributed by atoms with van der Waals surface area (Å²) in [5.74, 6) is -1.13. The van der Waals surface area contributed by atoms with Crippen LogP contribution in [0.3, 0.4) is 0 Å². The number of hydrogen-bond acceptors (Lipinski definition) is 4. The maximum atomic E-state index is 11.9. The van der Waals surface area contributed by atoms with Crippen LogP contribution in [0.25, 0.3) is 6.08 Å². The number of ether oxygens (including phenoxy) is 1. The molecule has 0 aliphatic heterocycles. The van der Waals surface area contributed by atoms with Crippen LogP contribution in [0.15, 0.2) is 24.3 Å². The minimum atomic E-state index is -0.836. The molecule has 132 valence electrons. The zero-order valence-electron chi connectivity index (χ0n) is 13.6. The number of hydrogen-bond donors (Lipinski definition) is 1. The van der Waals surface area contributed by atoms with Crippen molar-refractivity contribution in [3.05, 3.63) is 39.9 Å². The second kappa shape index (κ2) is 8.89. The largest absolute Gasteiger partial charge is 0.452 e. The van der Waals surface area contributed by atoms with Gasteiger partial charge in [-0.15, -0.1) is 0 Å². The Bertz CT molecular complexity index is 720. The fraction of sp³-hybridized carbons (Fsp3) is 0.389. The Morgan fingerprint density at radius 2 is 1.96 bits per heavy atom. The number of esters is 1. The molecule has 0 bridgehead atoms. The highest BCUT2D eigenvalue weighted by Gasteiger charge is 2.33. The molecule has 0 radical (unpaired) electrons. The number of amides is 1. The van der Waals surface area contributed by atoms with Crippen LogP contribution in [0.2, 0.25) is 10.0 Å². The molecule has 0 atom stereocenters. The fourth-order valence-electron chi connectivity index (χ4n) is 2.69. The molecule has 0 aromatic heterocycles. The Morgan fingerprint density at radius 3 is 2.60 bits per heavy atom. The predicted molar refractivity (Wildman–Crippen MR) is 96.0 cm³/mol. The van der Waals surface area contributed by atoms with E-state index in [1.54, 1.807) is 18.2 Å². The van der Waals surface area contributed by atoms with Crippen molar-refractivity contribution in [2.45, 2.75) is 37.6 Å². The normalized spacial score (nSPS) is 16.2. The van der Waals surface area contributed by atoms with Gasteiger partial charge in [-0.25, -0.2) is 4.79 Å². The molecule has 1 aromatic rings. The van der Waals surface area contributed by atoms with Crippen LogP contribution in [0.4, 0.5) is 0 Å². The van der Waals surface area contributed by atoms with Crippen LogP contribution in [-0.2, 0) is 14.3 Å². The van der Waals surface area contributed by atoms with E-state index >= 15 is 0 Å². The predicted octanol–water partition coefficient (Wildman–Crippen LogP) is 3.89. The maximum absolute atomic E-state index is 11.9. The lowest BCUT2D eigenvalue weighted by Crippen LogP contribution is -2.49. The number of nitrogens with zero attached hydrogens (tertiary/aromatic N) is 1. The molecule has 0 saturated heterocycles. The molecule has 1 N–H and O–H groups in total. The molecule has 1 amide bonds. The van der Waals surface area contributed by atoms with Crippen molar-refractivity contribution in [2.75, 3.05) is 6.61 Å². The minimum absolute atomic E-state index is 0.380. The van der Waals surface area contributed by atoms with Gasteiger partial charge in [0.25, 0.3) is 5.91 Å². The molecular formula is C18H18Cl2N2O3. The molecule has 0 heterocycles. The molecule has 1 aliphatic rings. The summed E-state index contributed by atoms with van der Waals surface area (Å²) in [6.07, 6.45) is 6.84. The summed E-state index contributed by atoms with van der Waals surface area (Å²) in [4.78, 5) is 23.6. The van der Waals surface area contributed by atoms with Crippen molar-refractivity contribution in [1.29, 1.82) is 5.26 Å². The molecule has 2 rings (SSSR count). The summed E-state index contributed by atoms with van der Waals surface area (Å²) in [7, 11) is 0. The number of rotatable bonds is 5. The Hall–Kier alpha value is -2.03. The zero-order valence-corrected chi connectivity index (χ0v) is 15.1. The summed E-state index contributed by atoms with van der Waals surface area (Å²) in [6, 6.07) is 7.11. The summed E-state index contributed by atoms with van der Waals surface area (Å²) in [5.41, 5.74) is -0.154. The van der Waals surface area contributed by atoms with Gasteiger partial charge in [0.1, 0.15) is 5.54 Å². The quantitative estimate of drug-likeness (QED) is 0.620. The Balaban J connectivity index is 1.82. The highest BCUT2D eigenvalue weighted by atomic mass is 35.5. The molecule has 1 aromatic carbocycles. The van der Waals surface area contributed by atoms with Gasteiger partial charge in [0.15, 0.2) is 6.61 Å². The van der Waals surface area contributed by atoms with E-state index in [4.69, 9.17) is 27.9 Å². The first-order valence-electron chi connectivity index (χ1n) is 7.96. The van der Waals surface area contributed by atoms with E-state index in [1.807, 2.05) is 0 Å². The van der Waals surface area contributed by atoms with Crippen LogP contribution < -0.4 is 5.32 Å². The molecule has 5 nitrogen and oxygen atoms in total. The van der Waals surface area contributed by atoms with Crippen molar-refractivity contribution in [2.24, 2.45) is 0 Å². The third-order valence-electron chi connectivity index (χ3n) is 4.00. The lowest BCUT2D eigenvalue weighted by Gasteiger charge is -2.31. The van der Waals surface area contributed by atoms with Crippen molar-refractivity contribution in [3.8, 4) is 6.07 Å². The van der Waals surface area contributed by atoms with Gasteiger partial charge in [0.05, 0.1) is 16.1 Å². The number of carbonyl (C=O) groups excluding carboxylic acids is 2. The summed E-state index contributed by atoms with van der Waals surface area (Å²) in [6.45, 7) is -0.423. The molecule has 1 saturated carbocycles. The van der Waals surface area contributed by atoms with Gasteiger partial charge in [-0.2, -0.15) is 5.26 Å². The van der Waals surface area contributed by atoms with Crippen molar-refractivity contribution in [1.82, 2.24) is 5.32 Å². The average molecular weight is 381 g/mol. The summed E-state index contributed by atoms with van der Waals surface area (Å²) >= 11 is 11.7. The van der Waals surface area contributed by atoms with Gasteiger partial charge in [-0.1, -0.05) is 48.5 Å². The van der Waals surface area contributed by atoms with Crippen LogP contribution >= 0.6 is 23.2 Å². The number of benzene rings is 1. The topological polar surface area (TPSA) is 79.2 Å². The minimum Gasteiger partial charge on any atom is -0.452 e. The monoisotopic (exact) mass is 380 g/mol. The second-order valence-electron chi connectivity index (χ2n) is 5.92. The van der Waals surface area contributed by atoms with Gasteiger partial charge in [-0.05, 0) is 36.6 Å². The Labute approximate surface area is 156 Å². The lowest BCUT2D eigenvalue weighted by molar-refractivity contribution is -0.144. The smallest absolute Gasteiger partial charge is 0.331 e. The SMILES string of the molecule is N#CC1(NC(=O)COC(=O)/C=C/c2ccc(Cl)c(Cl)c2)CCCCC1. The van der Waals surface area contributed by atoms with E-state index in [1.165, 1.54) is 12.2 Å². The first-order chi connectivity index (χ1) is 11.9. The standard InChI is InChI=1S/C18H18Cl2N2O3/c19-14-6-4-13(10-15(14)20)5-7-17(24)25-11-16(23)22-18(12-21)8-2-1-3-9-18/h4-7,10H,1-3,8-9,11H2,(H,22,23)/b7-5+. The van der Waals surface area contributed by atoms with Crippen LogP contribution in [-0.4, -0.2) is 24.0 Å². The Morgan fingerprint density at radius 1 is 1.24 bits per heavy atom. The summed E-state index contributed by atoms with van der Waals surface area (Å²) < 4.78 is 4.90. The van der Waals surface area contributed by atoms with Crippen molar-refractivity contribution in [3.63, 3.8) is 0 Å². The highest BCUT2D eigenvalue weighted by molar-refractivity contribution is 6.42. The van der Waals surface area contributed by atoms with E-state index in [-0.39, 0.29) is 0 Å². The average Bonchev–Trinajstić information content (AvgIpc) is 2.61. The first-order valence-corrected chi connectivity index (χ1v) is 8.72. The van der Waals surface area contributed by atoms with Crippen LogP contribution in [0.5, 0.6) is 0 Å². The first kappa shape index (κ1) is 19.3. The molecule has 1 aliphatic carbocycles. The van der Waals surface area contributed by atoms with E-state index in [2.05, 4.69) is 11.4 Å². The van der Waals surface area contributed by atoms with Crippen molar-refractivity contribution < 1.29 is 14.3 Å². The van der Waals surface area contributed by atoms with Gasteiger partial charge in [0.2, 0.25) is 0 Å². The maximum Gasteiger partial charge on any atom is 0.331 e. The van der Waals surface area contributed by atoms with E-state index in [0.717, 1.165) is 19.3 Å². The molecule has 7 heteroatoms. The lowest BCUT2D eigenvalue weighted by atomic mass is 9.83. The second-order valence-corrected chi connectivity index (χ2v) is 6.73. The van der Waals surface area contributed by atoms with Gasteiger partial charge >= 0.3 is 5.97 Å². The molecule has 0 spiro atoms. The third-order valence-corrected chi connectivity index (χ3v) is 4.74. The third kappa shape index (κ3) is 5.77. The van der Waals surface area contributed by atoms with E-state index in [0.29, 0.717) is 28.5 Å². The zero-order chi connectivity index (χ0) is 18.3. The fourth-order valence-corrected chi connectivity index (χ4v) is 2.99. The molecule has 25 heavy (non-hydrogen) atoms. The van der Waals surface area contributed by atoms with Gasteiger partial charge in [0, 0.05) is 6.08 Å².